The van der Waals surface area contributed by atoms with Crippen LogP contribution in [0.25, 0.3) is 0 Å². The summed E-state index contributed by atoms with van der Waals surface area (Å²) < 4.78 is 1.90. The van der Waals surface area contributed by atoms with Crippen LogP contribution in [0.5, 0.6) is 0 Å². The molecule has 1 atom stereocenters. The van der Waals surface area contributed by atoms with Crippen LogP contribution in [-0.2, 0) is 13.5 Å². The van der Waals surface area contributed by atoms with Crippen molar-refractivity contribution in [1.29, 1.82) is 0 Å². The number of hydrogen-bond donors (Lipinski definition) is 1. The van der Waals surface area contributed by atoms with E-state index in [0.29, 0.717) is 5.41 Å². The molecule has 0 spiro atoms. The van der Waals surface area contributed by atoms with Gasteiger partial charge in [-0.25, -0.2) is 4.98 Å². The maximum atomic E-state index is 4.38. The van der Waals surface area contributed by atoms with E-state index in [4.69, 9.17) is 0 Å². The van der Waals surface area contributed by atoms with E-state index in [1.807, 2.05) is 11.7 Å². The minimum atomic E-state index is 0.177. The van der Waals surface area contributed by atoms with E-state index in [0.717, 1.165) is 24.7 Å². The van der Waals surface area contributed by atoms with Gasteiger partial charge in [0.05, 0.1) is 0 Å². The third-order valence-electron chi connectivity index (χ3n) is 3.95. The summed E-state index contributed by atoms with van der Waals surface area (Å²) in [6, 6.07) is 0. The summed E-state index contributed by atoms with van der Waals surface area (Å²) in [5, 5.41) is 7.83. The summed E-state index contributed by atoms with van der Waals surface area (Å²) in [7, 11) is 1.98. The smallest absolute Gasteiger partial charge is 0.138 e. The van der Waals surface area contributed by atoms with Gasteiger partial charge in [-0.15, -0.1) is 0 Å². The first-order valence-corrected chi connectivity index (χ1v) is 6.88. The Hall–Kier alpha value is -0.900. The summed E-state index contributed by atoms with van der Waals surface area (Å²) >= 11 is 0. The minimum Gasteiger partial charge on any atom is -0.312 e. The Balaban J connectivity index is 2.05. The van der Waals surface area contributed by atoms with E-state index < -0.39 is 0 Å². The average Bonchev–Trinajstić information content (AvgIpc) is 3.03. The van der Waals surface area contributed by atoms with Crippen LogP contribution in [0.1, 0.15) is 46.4 Å². The lowest BCUT2D eigenvalue weighted by atomic mass is 9.80. The van der Waals surface area contributed by atoms with Crippen molar-refractivity contribution in [1.82, 2.24) is 20.1 Å². The molecule has 1 aliphatic rings. The molecule has 1 aromatic heterocycles. The van der Waals surface area contributed by atoms with E-state index in [9.17, 15) is 0 Å². The second kappa shape index (κ2) is 4.65. The first-order valence-electron chi connectivity index (χ1n) is 6.88. The SMILES string of the molecule is Cn1ncnc1CC(C)(CNC(C)(C)C)C1CC1. The molecule has 1 fully saturated rings. The molecule has 0 bridgehead atoms. The van der Waals surface area contributed by atoms with Gasteiger partial charge < -0.3 is 5.32 Å². The van der Waals surface area contributed by atoms with Crippen LogP contribution in [0.3, 0.4) is 0 Å². The predicted molar refractivity (Wildman–Crippen MR) is 73.3 cm³/mol. The lowest BCUT2D eigenvalue weighted by molar-refractivity contribution is 0.221. The maximum Gasteiger partial charge on any atom is 0.138 e. The Morgan fingerprint density at radius 3 is 2.44 bits per heavy atom. The van der Waals surface area contributed by atoms with E-state index in [1.165, 1.54) is 12.8 Å². The second-order valence-electron chi connectivity index (χ2n) is 7.01. The van der Waals surface area contributed by atoms with Crippen molar-refractivity contribution < 1.29 is 0 Å². The Morgan fingerprint density at radius 1 is 1.33 bits per heavy atom. The monoisotopic (exact) mass is 250 g/mol. The summed E-state index contributed by atoms with van der Waals surface area (Å²) in [5.74, 6) is 1.93. The van der Waals surface area contributed by atoms with Crippen molar-refractivity contribution in [2.45, 2.75) is 52.5 Å². The highest BCUT2D eigenvalue weighted by Gasteiger charge is 2.42. The van der Waals surface area contributed by atoms with Crippen LogP contribution in [0.15, 0.2) is 6.33 Å². The average molecular weight is 250 g/mol. The van der Waals surface area contributed by atoms with Gasteiger partial charge in [0.15, 0.2) is 0 Å². The van der Waals surface area contributed by atoms with Gasteiger partial charge in [-0.3, -0.25) is 4.68 Å². The number of nitrogens with zero attached hydrogens (tertiary/aromatic N) is 3. The zero-order valence-corrected chi connectivity index (χ0v) is 12.3. The number of hydrogen-bond acceptors (Lipinski definition) is 3. The number of aryl methyl sites for hydroxylation is 1. The molecule has 4 heteroatoms. The van der Waals surface area contributed by atoms with Crippen LogP contribution < -0.4 is 5.32 Å². The molecule has 18 heavy (non-hydrogen) atoms. The van der Waals surface area contributed by atoms with Crippen molar-refractivity contribution in [2.75, 3.05) is 6.54 Å². The first kappa shape index (κ1) is 13.5. The van der Waals surface area contributed by atoms with Crippen LogP contribution in [0, 0.1) is 11.3 Å². The molecule has 1 aromatic rings. The summed E-state index contributed by atoms with van der Waals surface area (Å²) in [4.78, 5) is 4.38. The van der Waals surface area contributed by atoms with Gasteiger partial charge in [0, 0.05) is 25.6 Å². The van der Waals surface area contributed by atoms with Crippen molar-refractivity contribution in [3.05, 3.63) is 12.2 Å². The Bertz CT molecular complexity index is 400. The molecule has 102 valence electrons. The number of rotatable bonds is 5. The molecule has 1 heterocycles. The molecule has 0 amide bonds. The third kappa shape index (κ3) is 3.31. The van der Waals surface area contributed by atoms with Crippen molar-refractivity contribution in [2.24, 2.45) is 18.4 Å². The predicted octanol–water partition coefficient (Wildman–Crippen LogP) is 2.16. The van der Waals surface area contributed by atoms with Crippen molar-refractivity contribution in [3.8, 4) is 0 Å². The first-order chi connectivity index (χ1) is 8.30. The zero-order chi connectivity index (χ0) is 13.4. The standard InChI is InChI=1S/C14H26N4/c1-13(2,3)16-9-14(4,11-6-7-11)8-12-15-10-17-18(12)5/h10-11,16H,6-9H2,1-5H3. The van der Waals surface area contributed by atoms with Gasteiger partial charge in [-0.2, -0.15) is 5.10 Å². The quantitative estimate of drug-likeness (QED) is 0.871. The Morgan fingerprint density at radius 2 is 2.00 bits per heavy atom. The van der Waals surface area contributed by atoms with Gasteiger partial charge in [0.25, 0.3) is 0 Å². The summed E-state index contributed by atoms with van der Waals surface area (Å²) in [6.45, 7) is 10.1. The normalized spacial score (nSPS) is 19.8. The highest BCUT2D eigenvalue weighted by molar-refractivity contribution is 5.00. The highest BCUT2D eigenvalue weighted by Crippen LogP contribution is 2.47. The zero-order valence-electron chi connectivity index (χ0n) is 12.3. The van der Waals surface area contributed by atoms with Gasteiger partial charge in [0.2, 0.25) is 0 Å². The van der Waals surface area contributed by atoms with Crippen LogP contribution in [-0.4, -0.2) is 26.8 Å². The van der Waals surface area contributed by atoms with Crippen LogP contribution in [0.4, 0.5) is 0 Å². The molecule has 0 radical (unpaired) electrons. The third-order valence-corrected chi connectivity index (χ3v) is 3.95. The highest BCUT2D eigenvalue weighted by atomic mass is 15.3. The Labute approximate surface area is 110 Å². The maximum absolute atomic E-state index is 4.38. The van der Waals surface area contributed by atoms with Crippen molar-refractivity contribution >= 4 is 0 Å². The molecule has 0 aromatic carbocycles. The van der Waals surface area contributed by atoms with E-state index >= 15 is 0 Å². The molecule has 1 saturated carbocycles. The molecule has 0 aliphatic heterocycles. The van der Waals surface area contributed by atoms with E-state index in [-0.39, 0.29) is 5.54 Å². The van der Waals surface area contributed by atoms with Gasteiger partial charge in [-0.05, 0) is 44.9 Å². The minimum absolute atomic E-state index is 0.177. The van der Waals surface area contributed by atoms with Crippen LogP contribution >= 0.6 is 0 Å². The van der Waals surface area contributed by atoms with Gasteiger partial charge >= 0.3 is 0 Å². The fraction of sp³-hybridized carbons (Fsp3) is 0.857. The second-order valence-corrected chi connectivity index (χ2v) is 7.01. The topological polar surface area (TPSA) is 42.7 Å². The molecular weight excluding hydrogens is 224 g/mol. The lowest BCUT2D eigenvalue weighted by Gasteiger charge is -2.33. The molecule has 4 nitrogen and oxygen atoms in total. The number of aromatic nitrogens is 3. The summed E-state index contributed by atoms with van der Waals surface area (Å²) in [5.41, 5.74) is 0.476. The molecular formula is C14H26N4. The van der Waals surface area contributed by atoms with Gasteiger partial charge in [0.1, 0.15) is 12.2 Å². The van der Waals surface area contributed by atoms with Gasteiger partial charge in [-0.1, -0.05) is 6.92 Å². The van der Waals surface area contributed by atoms with E-state index in [2.05, 4.69) is 43.1 Å². The van der Waals surface area contributed by atoms with E-state index in [1.54, 1.807) is 6.33 Å². The Kier molecular flexibility index (Phi) is 3.49. The summed E-state index contributed by atoms with van der Waals surface area (Å²) in [6.07, 6.45) is 5.39. The molecule has 1 N–H and O–H groups in total. The molecule has 1 aliphatic carbocycles. The largest absolute Gasteiger partial charge is 0.312 e. The number of nitrogens with one attached hydrogen (secondary N) is 1. The van der Waals surface area contributed by atoms with Crippen molar-refractivity contribution in [3.63, 3.8) is 0 Å². The van der Waals surface area contributed by atoms with Crippen LogP contribution in [0.2, 0.25) is 0 Å². The molecule has 2 rings (SSSR count). The lowest BCUT2D eigenvalue weighted by Crippen LogP contribution is -2.45. The molecule has 1 unspecified atom stereocenters. The fourth-order valence-electron chi connectivity index (χ4n) is 2.44. The molecule has 0 saturated heterocycles. The fourth-order valence-corrected chi connectivity index (χ4v) is 2.44.